The summed E-state index contributed by atoms with van der Waals surface area (Å²) in [6.07, 6.45) is 7.49. The number of anilines is 1. The van der Waals surface area contributed by atoms with E-state index in [0.29, 0.717) is 17.8 Å². The molecule has 1 amide bonds. The highest BCUT2D eigenvalue weighted by Gasteiger charge is 2.45. The number of amides is 1. The molecule has 3 heterocycles. The first-order valence-electron chi connectivity index (χ1n) is 8.94. The van der Waals surface area contributed by atoms with Gasteiger partial charge >= 0.3 is 0 Å². The van der Waals surface area contributed by atoms with Crippen LogP contribution in [0.5, 0.6) is 0 Å². The third kappa shape index (κ3) is 2.62. The van der Waals surface area contributed by atoms with Gasteiger partial charge in [-0.15, -0.1) is 0 Å². The average molecular weight is 350 g/mol. The minimum atomic E-state index is -0.0818. The van der Waals surface area contributed by atoms with Crippen molar-refractivity contribution in [2.24, 2.45) is 0 Å². The lowest BCUT2D eigenvalue weighted by atomic mass is 9.77. The third-order valence-electron chi connectivity index (χ3n) is 5.53. The fourth-order valence-electron chi connectivity index (χ4n) is 4.20. The maximum Gasteiger partial charge on any atom is 0.270 e. The standard InChI is InChI=1S/C19H22N6O/c1-24(2)18-22-11-14-4-6-19(16(14)23-18)5-3-7-25(12-19)17(26)15-8-13(9-20)10-21-15/h8,10-11,21H,3-7,12H2,1-2H3. The fourth-order valence-corrected chi connectivity index (χ4v) is 4.20. The fraction of sp³-hybridized carbons (Fsp3) is 0.474. The largest absolute Gasteiger partial charge is 0.356 e. The summed E-state index contributed by atoms with van der Waals surface area (Å²) < 4.78 is 0. The van der Waals surface area contributed by atoms with Gasteiger partial charge in [-0.3, -0.25) is 4.79 Å². The van der Waals surface area contributed by atoms with Crippen molar-refractivity contribution in [1.29, 1.82) is 5.26 Å². The van der Waals surface area contributed by atoms with Crippen LogP contribution in [0.15, 0.2) is 18.5 Å². The van der Waals surface area contributed by atoms with Crippen molar-refractivity contribution in [3.05, 3.63) is 41.0 Å². The number of fused-ring (bicyclic) bond motifs is 2. The molecule has 2 aromatic rings. The number of H-pyrrole nitrogens is 1. The summed E-state index contributed by atoms with van der Waals surface area (Å²) in [5.41, 5.74) is 3.19. The molecule has 0 saturated carbocycles. The molecule has 1 fully saturated rings. The highest BCUT2D eigenvalue weighted by atomic mass is 16.2. The second-order valence-electron chi connectivity index (χ2n) is 7.46. The zero-order valence-corrected chi connectivity index (χ0v) is 15.1. The second-order valence-corrected chi connectivity index (χ2v) is 7.46. The number of hydrogen-bond donors (Lipinski definition) is 1. The number of aryl methyl sites for hydroxylation is 1. The average Bonchev–Trinajstić information content (AvgIpc) is 3.27. The van der Waals surface area contributed by atoms with Gasteiger partial charge in [-0.1, -0.05) is 0 Å². The Labute approximate surface area is 152 Å². The summed E-state index contributed by atoms with van der Waals surface area (Å²) in [7, 11) is 3.89. The highest BCUT2D eigenvalue weighted by molar-refractivity contribution is 5.93. The molecule has 1 atom stereocenters. The summed E-state index contributed by atoms with van der Waals surface area (Å²) in [6.45, 7) is 1.41. The van der Waals surface area contributed by atoms with Gasteiger partial charge in [0.25, 0.3) is 5.91 Å². The van der Waals surface area contributed by atoms with E-state index in [-0.39, 0.29) is 11.3 Å². The molecule has 134 valence electrons. The molecule has 2 aliphatic rings. The number of piperidine rings is 1. The first kappa shape index (κ1) is 16.6. The lowest BCUT2D eigenvalue weighted by molar-refractivity contribution is 0.0628. The number of aromatic amines is 1. The van der Waals surface area contributed by atoms with E-state index in [1.807, 2.05) is 30.1 Å². The van der Waals surface area contributed by atoms with Crippen LogP contribution in [0.1, 0.15) is 46.6 Å². The maximum atomic E-state index is 12.9. The third-order valence-corrected chi connectivity index (χ3v) is 5.53. The summed E-state index contributed by atoms with van der Waals surface area (Å²) >= 11 is 0. The quantitative estimate of drug-likeness (QED) is 0.893. The lowest BCUT2D eigenvalue weighted by Gasteiger charge is -2.40. The number of nitriles is 1. The number of likely N-dealkylation sites (tertiary alicyclic amines) is 1. The molecule has 1 unspecified atom stereocenters. The second kappa shape index (κ2) is 6.13. The molecular formula is C19H22N6O. The van der Waals surface area contributed by atoms with Gasteiger partial charge in [-0.25, -0.2) is 9.97 Å². The number of nitrogens with zero attached hydrogens (tertiary/aromatic N) is 5. The molecule has 26 heavy (non-hydrogen) atoms. The summed E-state index contributed by atoms with van der Waals surface area (Å²) in [6, 6.07) is 3.68. The van der Waals surface area contributed by atoms with Crippen molar-refractivity contribution >= 4 is 11.9 Å². The Morgan fingerprint density at radius 2 is 2.27 bits per heavy atom. The molecule has 0 radical (unpaired) electrons. The van der Waals surface area contributed by atoms with E-state index in [1.54, 1.807) is 12.3 Å². The van der Waals surface area contributed by atoms with E-state index in [4.69, 9.17) is 10.2 Å². The first-order valence-corrected chi connectivity index (χ1v) is 8.94. The molecule has 7 nitrogen and oxygen atoms in total. The normalized spacial score (nSPS) is 21.5. The minimum Gasteiger partial charge on any atom is -0.356 e. The Bertz CT molecular complexity index is 892. The van der Waals surface area contributed by atoms with Crippen LogP contribution in [0, 0.1) is 11.3 Å². The highest BCUT2D eigenvalue weighted by Crippen LogP contribution is 2.44. The van der Waals surface area contributed by atoms with Crippen molar-refractivity contribution < 1.29 is 4.79 Å². The number of carbonyl (C=O) groups is 1. The predicted molar refractivity (Wildman–Crippen MR) is 97.0 cm³/mol. The molecule has 1 aliphatic heterocycles. The van der Waals surface area contributed by atoms with Crippen molar-refractivity contribution in [2.45, 2.75) is 31.1 Å². The van der Waals surface area contributed by atoms with Crippen LogP contribution in [0.25, 0.3) is 0 Å². The Hall–Kier alpha value is -2.88. The van der Waals surface area contributed by atoms with Crippen LogP contribution in [0.2, 0.25) is 0 Å². The van der Waals surface area contributed by atoms with Gasteiger partial charge in [0.05, 0.1) is 11.3 Å². The molecule has 0 bridgehead atoms. The molecule has 1 aliphatic carbocycles. The first-order chi connectivity index (χ1) is 12.5. The van der Waals surface area contributed by atoms with Gasteiger partial charge in [-0.2, -0.15) is 5.26 Å². The van der Waals surface area contributed by atoms with Crippen LogP contribution in [-0.2, 0) is 11.8 Å². The van der Waals surface area contributed by atoms with E-state index in [0.717, 1.165) is 43.9 Å². The molecule has 7 heteroatoms. The van der Waals surface area contributed by atoms with Gasteiger partial charge < -0.3 is 14.8 Å². The van der Waals surface area contributed by atoms with E-state index in [9.17, 15) is 4.79 Å². The zero-order valence-electron chi connectivity index (χ0n) is 15.1. The van der Waals surface area contributed by atoms with Crippen molar-refractivity contribution in [3.63, 3.8) is 0 Å². The van der Waals surface area contributed by atoms with E-state index < -0.39 is 0 Å². The summed E-state index contributed by atoms with van der Waals surface area (Å²) in [4.78, 5) is 28.9. The van der Waals surface area contributed by atoms with Crippen LogP contribution in [0.4, 0.5) is 5.95 Å². The molecule has 1 N–H and O–H groups in total. The van der Waals surface area contributed by atoms with Crippen molar-refractivity contribution in [3.8, 4) is 6.07 Å². The van der Waals surface area contributed by atoms with Crippen LogP contribution in [-0.4, -0.2) is 52.9 Å². The Morgan fingerprint density at radius 3 is 3.00 bits per heavy atom. The monoisotopic (exact) mass is 350 g/mol. The number of rotatable bonds is 2. The molecule has 1 spiro atoms. The van der Waals surface area contributed by atoms with E-state index in [2.05, 4.69) is 16.0 Å². The van der Waals surface area contributed by atoms with Crippen LogP contribution >= 0.6 is 0 Å². The number of hydrogen-bond acceptors (Lipinski definition) is 5. The molecule has 0 aromatic carbocycles. The molecule has 4 rings (SSSR count). The Kier molecular flexibility index (Phi) is 3.91. The van der Waals surface area contributed by atoms with Crippen molar-refractivity contribution in [1.82, 2.24) is 19.9 Å². The van der Waals surface area contributed by atoms with Gasteiger partial charge in [0.1, 0.15) is 11.8 Å². The molecular weight excluding hydrogens is 328 g/mol. The maximum absolute atomic E-state index is 12.9. The topological polar surface area (TPSA) is 88.9 Å². The van der Waals surface area contributed by atoms with Gasteiger partial charge in [0.15, 0.2) is 0 Å². The Balaban J connectivity index is 1.63. The summed E-state index contributed by atoms with van der Waals surface area (Å²) in [5.74, 6) is 0.678. The number of aromatic nitrogens is 3. The van der Waals surface area contributed by atoms with Gasteiger partial charge in [0.2, 0.25) is 5.95 Å². The minimum absolute atomic E-state index is 0.0408. The zero-order chi connectivity index (χ0) is 18.3. The SMILES string of the molecule is CN(C)c1ncc2c(n1)C1(CCCN(C(=O)c3cc(C#N)c[nH]3)C1)CC2. The van der Waals surface area contributed by atoms with Crippen molar-refractivity contribution in [2.75, 3.05) is 32.1 Å². The van der Waals surface area contributed by atoms with Gasteiger partial charge in [-0.05, 0) is 37.3 Å². The van der Waals surface area contributed by atoms with E-state index in [1.165, 1.54) is 5.56 Å². The van der Waals surface area contributed by atoms with Crippen LogP contribution in [0.3, 0.4) is 0 Å². The van der Waals surface area contributed by atoms with Gasteiger partial charge in [0, 0.05) is 45.0 Å². The molecule has 1 saturated heterocycles. The predicted octanol–water partition coefficient (Wildman–Crippen LogP) is 1.86. The molecule has 2 aromatic heterocycles. The van der Waals surface area contributed by atoms with Crippen LogP contribution < -0.4 is 4.90 Å². The Morgan fingerprint density at radius 1 is 1.42 bits per heavy atom. The summed E-state index contributed by atoms with van der Waals surface area (Å²) in [5, 5.41) is 8.98. The smallest absolute Gasteiger partial charge is 0.270 e. The van der Waals surface area contributed by atoms with E-state index >= 15 is 0 Å². The number of carbonyl (C=O) groups excluding carboxylic acids is 1. The number of nitrogens with one attached hydrogen (secondary N) is 1. The lowest BCUT2D eigenvalue weighted by Crippen LogP contribution is -2.48.